The van der Waals surface area contributed by atoms with Gasteiger partial charge in [0.25, 0.3) is 0 Å². The largest absolute Gasteiger partial charge is 0.327 e. The number of halogens is 2. The lowest BCUT2D eigenvalue weighted by molar-refractivity contribution is 0.390. The molecule has 0 heterocycles. The SMILES string of the molecule is CC1C(N)CCC1Cc1cc(F)cc(Br)c1. The summed E-state index contributed by atoms with van der Waals surface area (Å²) in [5, 5.41) is 0. The Hall–Kier alpha value is -0.410. The first-order valence-corrected chi connectivity index (χ1v) is 6.56. The van der Waals surface area contributed by atoms with Gasteiger partial charge in [0, 0.05) is 10.5 Å². The van der Waals surface area contributed by atoms with E-state index in [0.717, 1.165) is 29.3 Å². The van der Waals surface area contributed by atoms with Crippen molar-refractivity contribution in [3.05, 3.63) is 34.1 Å². The summed E-state index contributed by atoms with van der Waals surface area (Å²) in [6.45, 7) is 2.21. The molecule has 0 spiro atoms. The van der Waals surface area contributed by atoms with Crippen molar-refractivity contribution >= 4 is 15.9 Å². The number of rotatable bonds is 2. The first-order valence-electron chi connectivity index (χ1n) is 5.77. The van der Waals surface area contributed by atoms with Crippen molar-refractivity contribution in [1.82, 2.24) is 0 Å². The van der Waals surface area contributed by atoms with E-state index < -0.39 is 0 Å². The quantitative estimate of drug-likeness (QED) is 0.884. The highest BCUT2D eigenvalue weighted by Crippen LogP contribution is 2.33. The van der Waals surface area contributed by atoms with Gasteiger partial charge in [-0.3, -0.25) is 0 Å². The van der Waals surface area contributed by atoms with E-state index in [4.69, 9.17) is 5.73 Å². The monoisotopic (exact) mass is 285 g/mol. The standard InChI is InChI=1S/C13H17BrFN/c1-8-10(2-3-13(8)16)4-9-5-11(14)7-12(15)6-9/h5-8,10,13H,2-4,16H2,1H3. The molecule has 2 rings (SSSR count). The molecule has 3 unspecified atom stereocenters. The van der Waals surface area contributed by atoms with Crippen LogP contribution in [0.25, 0.3) is 0 Å². The molecule has 1 saturated carbocycles. The number of benzene rings is 1. The Balaban J connectivity index is 2.09. The summed E-state index contributed by atoms with van der Waals surface area (Å²) < 4.78 is 14.0. The predicted molar refractivity (Wildman–Crippen MR) is 67.7 cm³/mol. The lowest BCUT2D eigenvalue weighted by atomic mass is 9.90. The predicted octanol–water partition coefficient (Wildman–Crippen LogP) is 3.50. The van der Waals surface area contributed by atoms with Crippen molar-refractivity contribution in [1.29, 1.82) is 0 Å². The summed E-state index contributed by atoms with van der Waals surface area (Å²) in [6, 6.07) is 5.44. The fourth-order valence-corrected chi connectivity index (χ4v) is 3.11. The van der Waals surface area contributed by atoms with Gasteiger partial charge in [0.15, 0.2) is 0 Å². The molecule has 0 saturated heterocycles. The van der Waals surface area contributed by atoms with Crippen LogP contribution in [0.2, 0.25) is 0 Å². The Kier molecular flexibility index (Phi) is 3.65. The van der Waals surface area contributed by atoms with Crippen LogP contribution < -0.4 is 5.73 Å². The van der Waals surface area contributed by atoms with Crippen LogP contribution in [0.4, 0.5) is 4.39 Å². The fourth-order valence-electron chi connectivity index (χ4n) is 2.60. The maximum Gasteiger partial charge on any atom is 0.124 e. The third-order valence-corrected chi connectivity index (χ3v) is 4.17. The molecule has 88 valence electrons. The van der Waals surface area contributed by atoms with Gasteiger partial charge in [0.1, 0.15) is 5.82 Å². The van der Waals surface area contributed by atoms with Gasteiger partial charge in [0.05, 0.1) is 0 Å². The van der Waals surface area contributed by atoms with Crippen LogP contribution in [0, 0.1) is 17.7 Å². The highest BCUT2D eigenvalue weighted by atomic mass is 79.9. The Morgan fingerprint density at radius 2 is 2.12 bits per heavy atom. The molecule has 1 nitrogen and oxygen atoms in total. The average Bonchev–Trinajstić information content (AvgIpc) is 2.48. The lowest BCUT2D eigenvalue weighted by Crippen LogP contribution is -2.25. The van der Waals surface area contributed by atoms with Crippen LogP contribution in [0.5, 0.6) is 0 Å². The minimum absolute atomic E-state index is 0.167. The van der Waals surface area contributed by atoms with E-state index in [1.165, 1.54) is 6.07 Å². The number of hydrogen-bond donors (Lipinski definition) is 1. The van der Waals surface area contributed by atoms with Crippen molar-refractivity contribution in [2.75, 3.05) is 0 Å². The molecule has 0 radical (unpaired) electrons. The van der Waals surface area contributed by atoms with Crippen LogP contribution >= 0.6 is 15.9 Å². The summed E-state index contributed by atoms with van der Waals surface area (Å²) in [4.78, 5) is 0. The van der Waals surface area contributed by atoms with Crippen molar-refractivity contribution in [2.24, 2.45) is 17.6 Å². The van der Waals surface area contributed by atoms with Gasteiger partial charge in [0.2, 0.25) is 0 Å². The van der Waals surface area contributed by atoms with E-state index in [1.54, 1.807) is 6.07 Å². The summed E-state index contributed by atoms with van der Waals surface area (Å²) >= 11 is 3.32. The Morgan fingerprint density at radius 1 is 1.38 bits per heavy atom. The van der Waals surface area contributed by atoms with E-state index in [9.17, 15) is 4.39 Å². The van der Waals surface area contributed by atoms with Crippen molar-refractivity contribution in [3.63, 3.8) is 0 Å². The molecule has 1 fully saturated rings. The van der Waals surface area contributed by atoms with E-state index in [-0.39, 0.29) is 5.82 Å². The average molecular weight is 286 g/mol. The van der Waals surface area contributed by atoms with Gasteiger partial charge in [-0.1, -0.05) is 22.9 Å². The zero-order valence-electron chi connectivity index (χ0n) is 9.42. The number of nitrogens with two attached hydrogens (primary N) is 1. The van der Waals surface area contributed by atoms with Gasteiger partial charge in [-0.15, -0.1) is 0 Å². The van der Waals surface area contributed by atoms with E-state index in [2.05, 4.69) is 22.9 Å². The summed E-state index contributed by atoms with van der Waals surface area (Å²) in [7, 11) is 0. The van der Waals surface area contributed by atoms with E-state index in [0.29, 0.717) is 17.9 Å². The van der Waals surface area contributed by atoms with E-state index >= 15 is 0 Å². The second kappa shape index (κ2) is 4.84. The zero-order chi connectivity index (χ0) is 11.7. The van der Waals surface area contributed by atoms with Crippen molar-refractivity contribution < 1.29 is 4.39 Å². The van der Waals surface area contributed by atoms with Gasteiger partial charge < -0.3 is 5.73 Å². The topological polar surface area (TPSA) is 26.0 Å². The van der Waals surface area contributed by atoms with Gasteiger partial charge in [-0.2, -0.15) is 0 Å². The molecule has 1 aromatic rings. The maximum absolute atomic E-state index is 13.2. The highest BCUT2D eigenvalue weighted by Gasteiger charge is 2.30. The van der Waals surface area contributed by atoms with Crippen LogP contribution in [-0.2, 0) is 6.42 Å². The number of hydrogen-bond acceptors (Lipinski definition) is 1. The summed E-state index contributed by atoms with van der Waals surface area (Å²) in [5.74, 6) is 0.977. The third kappa shape index (κ3) is 2.64. The molecule has 0 bridgehead atoms. The second-order valence-corrected chi connectivity index (χ2v) is 5.76. The normalized spacial score (nSPS) is 29.6. The zero-order valence-corrected chi connectivity index (χ0v) is 11.0. The van der Waals surface area contributed by atoms with E-state index in [1.807, 2.05) is 6.07 Å². The Morgan fingerprint density at radius 3 is 2.69 bits per heavy atom. The van der Waals surface area contributed by atoms with Crippen LogP contribution in [-0.4, -0.2) is 6.04 Å². The van der Waals surface area contributed by atoms with Gasteiger partial charge in [-0.05, 0) is 54.9 Å². The van der Waals surface area contributed by atoms with Crippen LogP contribution in [0.1, 0.15) is 25.3 Å². The molecule has 16 heavy (non-hydrogen) atoms. The molecular formula is C13H17BrFN. The first-order chi connectivity index (χ1) is 7.56. The van der Waals surface area contributed by atoms with Gasteiger partial charge >= 0.3 is 0 Å². The molecule has 0 amide bonds. The third-order valence-electron chi connectivity index (χ3n) is 3.71. The fraction of sp³-hybridized carbons (Fsp3) is 0.538. The lowest BCUT2D eigenvalue weighted by Gasteiger charge is -2.18. The van der Waals surface area contributed by atoms with Crippen molar-refractivity contribution in [2.45, 2.75) is 32.2 Å². The smallest absolute Gasteiger partial charge is 0.124 e. The molecule has 1 aromatic carbocycles. The molecule has 3 heteroatoms. The highest BCUT2D eigenvalue weighted by molar-refractivity contribution is 9.10. The molecule has 3 atom stereocenters. The second-order valence-electron chi connectivity index (χ2n) is 4.84. The molecule has 0 aromatic heterocycles. The summed E-state index contributed by atoms with van der Waals surface area (Å²) in [6.07, 6.45) is 3.20. The summed E-state index contributed by atoms with van der Waals surface area (Å²) in [5.41, 5.74) is 7.07. The Bertz CT molecular complexity index is 360. The molecule has 2 N–H and O–H groups in total. The van der Waals surface area contributed by atoms with Crippen LogP contribution in [0.15, 0.2) is 22.7 Å². The molecule has 1 aliphatic rings. The van der Waals surface area contributed by atoms with Crippen LogP contribution in [0.3, 0.4) is 0 Å². The molecule has 0 aliphatic heterocycles. The molecule has 1 aliphatic carbocycles. The maximum atomic E-state index is 13.2. The first kappa shape index (κ1) is 12.1. The van der Waals surface area contributed by atoms with Crippen molar-refractivity contribution in [3.8, 4) is 0 Å². The Labute approximate surface area is 104 Å². The van der Waals surface area contributed by atoms with Gasteiger partial charge in [-0.25, -0.2) is 4.39 Å². The molecular weight excluding hydrogens is 269 g/mol. The minimum Gasteiger partial charge on any atom is -0.327 e. The minimum atomic E-state index is -0.167.